The summed E-state index contributed by atoms with van der Waals surface area (Å²) in [5.74, 6) is 0.993. The summed E-state index contributed by atoms with van der Waals surface area (Å²) in [5, 5.41) is 13.8. The normalized spacial score (nSPS) is 11.4. The SMILES string of the molecule is Cc1nc(N/N=C\c2cc(Cl)c(OCC(C)C)c(Cl)c2)[nH]c(=O)c1CCO. The second-order valence-electron chi connectivity index (χ2n) is 6.34. The number of aryl methyl sites for hydroxylation is 1. The lowest BCUT2D eigenvalue weighted by atomic mass is 10.2. The standard InChI is InChI=1S/C18H22Cl2N4O3/c1-10(2)9-27-16-14(19)6-12(7-15(16)20)8-21-24-18-22-11(3)13(4-5-25)17(26)23-18/h6-8,10,25H,4-5,9H2,1-3H3,(H2,22,23,24,26)/b21-8-. The minimum absolute atomic E-state index is 0.116. The molecular formula is C18H22Cl2N4O3. The number of aliphatic hydroxyl groups excluding tert-OH is 1. The van der Waals surface area contributed by atoms with Crippen LogP contribution in [0.4, 0.5) is 5.95 Å². The number of halogens is 2. The fourth-order valence-electron chi connectivity index (χ4n) is 2.28. The van der Waals surface area contributed by atoms with Gasteiger partial charge in [0.25, 0.3) is 5.56 Å². The van der Waals surface area contributed by atoms with Gasteiger partial charge in [-0.2, -0.15) is 5.10 Å². The van der Waals surface area contributed by atoms with Crippen LogP contribution in [0.1, 0.15) is 30.7 Å². The van der Waals surface area contributed by atoms with Crippen molar-refractivity contribution in [3.05, 3.63) is 49.4 Å². The average Bonchev–Trinajstić information content (AvgIpc) is 2.57. The number of benzene rings is 1. The third-order valence-electron chi connectivity index (χ3n) is 3.55. The van der Waals surface area contributed by atoms with Crippen LogP contribution >= 0.6 is 23.2 Å². The fraction of sp³-hybridized carbons (Fsp3) is 0.389. The van der Waals surface area contributed by atoms with Crippen molar-refractivity contribution >= 4 is 35.4 Å². The highest BCUT2D eigenvalue weighted by molar-refractivity contribution is 6.37. The molecule has 0 bridgehead atoms. The number of ether oxygens (including phenoxy) is 1. The number of nitrogens with one attached hydrogen (secondary N) is 2. The van der Waals surface area contributed by atoms with Crippen molar-refractivity contribution in [2.45, 2.75) is 27.2 Å². The predicted octanol–water partition coefficient (Wildman–Crippen LogP) is 3.40. The van der Waals surface area contributed by atoms with Gasteiger partial charge in [-0.15, -0.1) is 0 Å². The number of anilines is 1. The second-order valence-corrected chi connectivity index (χ2v) is 7.16. The summed E-state index contributed by atoms with van der Waals surface area (Å²) in [5.41, 5.74) is 3.98. The van der Waals surface area contributed by atoms with Crippen LogP contribution in [0.3, 0.4) is 0 Å². The molecule has 0 radical (unpaired) electrons. The van der Waals surface area contributed by atoms with E-state index < -0.39 is 0 Å². The topological polar surface area (TPSA) is 99.6 Å². The molecule has 0 fully saturated rings. The lowest BCUT2D eigenvalue weighted by Gasteiger charge is -2.12. The number of hydrogen-bond acceptors (Lipinski definition) is 6. The number of hydrazone groups is 1. The summed E-state index contributed by atoms with van der Waals surface area (Å²) in [6.07, 6.45) is 1.75. The van der Waals surface area contributed by atoms with E-state index in [9.17, 15) is 4.79 Å². The van der Waals surface area contributed by atoms with Gasteiger partial charge in [-0.3, -0.25) is 9.78 Å². The van der Waals surface area contributed by atoms with Crippen LogP contribution in [0, 0.1) is 12.8 Å². The number of aromatic amines is 1. The van der Waals surface area contributed by atoms with Gasteiger partial charge < -0.3 is 9.84 Å². The van der Waals surface area contributed by atoms with E-state index in [4.69, 9.17) is 33.0 Å². The van der Waals surface area contributed by atoms with Crippen LogP contribution in [-0.4, -0.2) is 34.5 Å². The molecule has 27 heavy (non-hydrogen) atoms. The van der Waals surface area contributed by atoms with E-state index in [0.29, 0.717) is 45.1 Å². The Morgan fingerprint density at radius 2 is 2.04 bits per heavy atom. The van der Waals surface area contributed by atoms with E-state index in [1.165, 1.54) is 6.21 Å². The van der Waals surface area contributed by atoms with Crippen molar-refractivity contribution in [2.75, 3.05) is 18.6 Å². The van der Waals surface area contributed by atoms with Crippen molar-refractivity contribution in [3.8, 4) is 5.75 Å². The highest BCUT2D eigenvalue weighted by Gasteiger charge is 2.10. The number of hydrogen-bond donors (Lipinski definition) is 3. The number of aliphatic hydroxyl groups is 1. The first-order valence-electron chi connectivity index (χ1n) is 8.43. The first kappa shape index (κ1) is 21.2. The average molecular weight is 413 g/mol. The predicted molar refractivity (Wildman–Crippen MR) is 108 cm³/mol. The maximum absolute atomic E-state index is 12.0. The molecule has 0 aliphatic carbocycles. The fourth-order valence-corrected chi connectivity index (χ4v) is 2.89. The molecule has 0 saturated heterocycles. The molecule has 1 heterocycles. The van der Waals surface area contributed by atoms with Crippen molar-refractivity contribution in [1.82, 2.24) is 9.97 Å². The highest BCUT2D eigenvalue weighted by atomic mass is 35.5. The second kappa shape index (κ2) is 9.73. The molecule has 3 N–H and O–H groups in total. The number of H-pyrrole nitrogens is 1. The minimum Gasteiger partial charge on any atom is -0.490 e. The maximum Gasteiger partial charge on any atom is 0.255 e. The van der Waals surface area contributed by atoms with Gasteiger partial charge in [0, 0.05) is 18.6 Å². The van der Waals surface area contributed by atoms with Crippen LogP contribution in [0.15, 0.2) is 22.0 Å². The molecule has 146 valence electrons. The molecule has 7 nitrogen and oxygen atoms in total. The summed E-state index contributed by atoms with van der Waals surface area (Å²) < 4.78 is 5.62. The van der Waals surface area contributed by atoms with Gasteiger partial charge in [0.15, 0.2) is 5.75 Å². The molecule has 0 aliphatic rings. The zero-order valence-electron chi connectivity index (χ0n) is 15.3. The van der Waals surface area contributed by atoms with E-state index in [-0.39, 0.29) is 24.5 Å². The highest BCUT2D eigenvalue weighted by Crippen LogP contribution is 2.34. The zero-order valence-corrected chi connectivity index (χ0v) is 16.9. The summed E-state index contributed by atoms with van der Waals surface area (Å²) in [6, 6.07) is 3.36. The maximum atomic E-state index is 12.0. The summed E-state index contributed by atoms with van der Waals surface area (Å²) in [6.45, 7) is 6.16. The van der Waals surface area contributed by atoms with Gasteiger partial charge in [0.1, 0.15) is 0 Å². The van der Waals surface area contributed by atoms with Gasteiger partial charge in [-0.05, 0) is 30.5 Å². The Kier molecular flexibility index (Phi) is 7.65. The molecule has 0 amide bonds. The van der Waals surface area contributed by atoms with Crippen molar-refractivity contribution in [3.63, 3.8) is 0 Å². The third kappa shape index (κ3) is 5.95. The lowest BCUT2D eigenvalue weighted by molar-refractivity contribution is 0.271. The minimum atomic E-state index is -0.313. The largest absolute Gasteiger partial charge is 0.490 e. The lowest BCUT2D eigenvalue weighted by Crippen LogP contribution is -2.19. The number of rotatable bonds is 8. The van der Waals surface area contributed by atoms with Crippen LogP contribution in [-0.2, 0) is 6.42 Å². The zero-order chi connectivity index (χ0) is 20.0. The Morgan fingerprint density at radius 1 is 1.37 bits per heavy atom. The van der Waals surface area contributed by atoms with Crippen molar-refractivity contribution in [1.29, 1.82) is 0 Å². The summed E-state index contributed by atoms with van der Waals surface area (Å²) >= 11 is 12.5. The van der Waals surface area contributed by atoms with Gasteiger partial charge in [-0.1, -0.05) is 37.0 Å². The quantitative estimate of drug-likeness (QED) is 0.455. The third-order valence-corrected chi connectivity index (χ3v) is 4.11. The van der Waals surface area contributed by atoms with E-state index in [1.54, 1.807) is 19.1 Å². The summed E-state index contributed by atoms with van der Waals surface area (Å²) in [4.78, 5) is 18.8. The van der Waals surface area contributed by atoms with Gasteiger partial charge in [-0.25, -0.2) is 10.4 Å². The van der Waals surface area contributed by atoms with Crippen LogP contribution in [0.2, 0.25) is 10.0 Å². The smallest absolute Gasteiger partial charge is 0.255 e. The molecule has 0 unspecified atom stereocenters. The van der Waals surface area contributed by atoms with Crippen molar-refractivity contribution in [2.24, 2.45) is 11.0 Å². The van der Waals surface area contributed by atoms with Gasteiger partial charge in [0.05, 0.1) is 28.6 Å². The van der Waals surface area contributed by atoms with Gasteiger partial charge in [0.2, 0.25) is 5.95 Å². The molecule has 0 atom stereocenters. The first-order chi connectivity index (χ1) is 12.8. The molecule has 0 aliphatic heterocycles. The van der Waals surface area contributed by atoms with E-state index >= 15 is 0 Å². The molecule has 1 aromatic carbocycles. The molecule has 0 saturated carbocycles. The monoisotopic (exact) mass is 412 g/mol. The van der Waals surface area contributed by atoms with Crippen molar-refractivity contribution < 1.29 is 9.84 Å². The van der Waals surface area contributed by atoms with Crippen LogP contribution in [0.5, 0.6) is 5.75 Å². The Morgan fingerprint density at radius 3 is 2.59 bits per heavy atom. The molecule has 2 aromatic rings. The Bertz CT molecular complexity index is 858. The summed E-state index contributed by atoms with van der Waals surface area (Å²) in [7, 11) is 0. The van der Waals surface area contributed by atoms with Gasteiger partial charge >= 0.3 is 0 Å². The number of aromatic nitrogens is 2. The molecule has 2 rings (SSSR count). The van der Waals surface area contributed by atoms with Crippen LogP contribution in [0.25, 0.3) is 0 Å². The Balaban J connectivity index is 2.11. The van der Waals surface area contributed by atoms with E-state index in [2.05, 4.69) is 20.5 Å². The Labute approximate surface area is 167 Å². The molecule has 1 aromatic heterocycles. The molecule has 9 heteroatoms. The van der Waals surface area contributed by atoms with Crippen LogP contribution < -0.4 is 15.7 Å². The number of nitrogens with zero attached hydrogens (tertiary/aromatic N) is 2. The molecular weight excluding hydrogens is 391 g/mol. The Hall–Kier alpha value is -2.09. The van der Waals surface area contributed by atoms with E-state index in [1.807, 2.05) is 13.8 Å². The molecule has 0 spiro atoms. The first-order valence-corrected chi connectivity index (χ1v) is 9.19. The van der Waals surface area contributed by atoms with E-state index in [0.717, 1.165) is 0 Å².